The summed E-state index contributed by atoms with van der Waals surface area (Å²) in [6.07, 6.45) is 0. The molecule has 0 heterocycles. The summed E-state index contributed by atoms with van der Waals surface area (Å²) in [5.41, 5.74) is 2.02. The first-order valence-corrected chi connectivity index (χ1v) is 7.09. The molecule has 0 aliphatic heterocycles. The Labute approximate surface area is 131 Å². The van der Waals surface area contributed by atoms with E-state index in [0.717, 1.165) is 10.0 Å². The number of hydrogen-bond donors (Lipinski definition) is 1. The molecule has 2 rings (SSSR count). The number of benzene rings is 2. The van der Waals surface area contributed by atoms with Crippen LogP contribution in [-0.4, -0.2) is 18.2 Å². The lowest BCUT2D eigenvalue weighted by atomic mass is 10.1. The Morgan fingerprint density at radius 3 is 2.52 bits per heavy atom. The second-order valence-corrected chi connectivity index (χ2v) is 5.41. The molecule has 2 aromatic carbocycles. The summed E-state index contributed by atoms with van der Waals surface area (Å²) in [4.78, 5) is 11.0. The molecule has 110 valence electrons. The number of ether oxygens (including phenoxy) is 2. The van der Waals surface area contributed by atoms with Crippen LogP contribution in [0.2, 0.25) is 0 Å². The van der Waals surface area contributed by atoms with E-state index in [0.29, 0.717) is 17.1 Å². The molecular weight excluding hydrogens is 336 g/mol. The van der Waals surface area contributed by atoms with Crippen molar-refractivity contribution in [2.45, 2.75) is 13.5 Å². The molecule has 2 aromatic rings. The standard InChI is InChI=1S/C16H15BrO4/c1-10-3-5-15(13(17)7-10)21-9-12-8-11(16(18)19)4-6-14(12)20-2/h3-8H,9H2,1-2H3,(H,18,19). The fourth-order valence-corrected chi connectivity index (χ4v) is 2.51. The Morgan fingerprint density at radius 2 is 1.90 bits per heavy atom. The van der Waals surface area contributed by atoms with Crippen LogP contribution in [0.4, 0.5) is 0 Å². The van der Waals surface area contributed by atoms with E-state index >= 15 is 0 Å². The maximum Gasteiger partial charge on any atom is 0.335 e. The van der Waals surface area contributed by atoms with E-state index in [2.05, 4.69) is 15.9 Å². The van der Waals surface area contributed by atoms with Crippen molar-refractivity contribution in [2.75, 3.05) is 7.11 Å². The number of aromatic carboxylic acids is 1. The van der Waals surface area contributed by atoms with Gasteiger partial charge in [0.05, 0.1) is 17.1 Å². The van der Waals surface area contributed by atoms with Crippen LogP contribution in [0.15, 0.2) is 40.9 Å². The van der Waals surface area contributed by atoms with Crippen molar-refractivity contribution in [3.8, 4) is 11.5 Å². The van der Waals surface area contributed by atoms with E-state index in [1.165, 1.54) is 6.07 Å². The first-order chi connectivity index (χ1) is 10.0. The Kier molecular flexibility index (Phi) is 4.85. The first-order valence-electron chi connectivity index (χ1n) is 6.30. The van der Waals surface area contributed by atoms with Gasteiger partial charge in [-0.15, -0.1) is 0 Å². The largest absolute Gasteiger partial charge is 0.496 e. The van der Waals surface area contributed by atoms with E-state index in [4.69, 9.17) is 14.6 Å². The summed E-state index contributed by atoms with van der Waals surface area (Å²) in [5.74, 6) is 0.321. The average Bonchev–Trinajstić information content (AvgIpc) is 2.46. The summed E-state index contributed by atoms with van der Waals surface area (Å²) in [6, 6.07) is 10.5. The summed E-state index contributed by atoms with van der Waals surface area (Å²) in [7, 11) is 1.54. The third-order valence-corrected chi connectivity index (χ3v) is 3.62. The van der Waals surface area contributed by atoms with E-state index < -0.39 is 5.97 Å². The highest BCUT2D eigenvalue weighted by Crippen LogP contribution is 2.28. The van der Waals surface area contributed by atoms with Crippen molar-refractivity contribution in [1.29, 1.82) is 0 Å². The summed E-state index contributed by atoms with van der Waals surface area (Å²) < 4.78 is 11.8. The molecule has 0 radical (unpaired) electrons. The number of carbonyl (C=O) groups is 1. The fourth-order valence-electron chi connectivity index (χ4n) is 1.90. The van der Waals surface area contributed by atoms with Crippen LogP contribution >= 0.6 is 15.9 Å². The van der Waals surface area contributed by atoms with E-state index in [1.807, 2.05) is 25.1 Å². The number of aryl methyl sites for hydroxylation is 1. The van der Waals surface area contributed by atoms with Gasteiger partial charge in [-0.2, -0.15) is 0 Å². The van der Waals surface area contributed by atoms with Gasteiger partial charge >= 0.3 is 5.97 Å². The van der Waals surface area contributed by atoms with E-state index in [9.17, 15) is 4.79 Å². The molecule has 0 saturated heterocycles. The smallest absolute Gasteiger partial charge is 0.335 e. The maximum absolute atomic E-state index is 11.0. The molecule has 0 bridgehead atoms. The molecule has 0 saturated carbocycles. The predicted octanol–water partition coefficient (Wildman–Crippen LogP) is 4.04. The summed E-state index contributed by atoms with van der Waals surface area (Å²) in [5, 5.41) is 9.04. The molecule has 5 heteroatoms. The summed E-state index contributed by atoms with van der Waals surface area (Å²) >= 11 is 3.44. The molecule has 0 aliphatic carbocycles. The molecule has 0 aromatic heterocycles. The van der Waals surface area contributed by atoms with Gasteiger partial charge in [0.25, 0.3) is 0 Å². The van der Waals surface area contributed by atoms with Crippen molar-refractivity contribution in [3.63, 3.8) is 0 Å². The molecule has 4 nitrogen and oxygen atoms in total. The Balaban J connectivity index is 2.22. The third-order valence-electron chi connectivity index (χ3n) is 3.00. The molecule has 0 amide bonds. The minimum absolute atomic E-state index is 0.206. The molecule has 21 heavy (non-hydrogen) atoms. The molecule has 0 aliphatic rings. The van der Waals surface area contributed by atoms with Gasteiger partial charge in [-0.3, -0.25) is 0 Å². The van der Waals surface area contributed by atoms with Crippen LogP contribution in [0, 0.1) is 6.92 Å². The number of carboxylic acid groups (broad SMARTS) is 1. The number of rotatable bonds is 5. The van der Waals surface area contributed by atoms with Gasteiger partial charge in [0.1, 0.15) is 18.1 Å². The van der Waals surface area contributed by atoms with E-state index in [1.54, 1.807) is 19.2 Å². The monoisotopic (exact) mass is 350 g/mol. The van der Waals surface area contributed by atoms with E-state index in [-0.39, 0.29) is 12.2 Å². The Morgan fingerprint density at radius 1 is 1.19 bits per heavy atom. The van der Waals surface area contributed by atoms with Crippen molar-refractivity contribution < 1.29 is 19.4 Å². The zero-order valence-corrected chi connectivity index (χ0v) is 13.3. The quantitative estimate of drug-likeness (QED) is 0.883. The molecule has 0 fully saturated rings. The first kappa shape index (κ1) is 15.4. The third kappa shape index (κ3) is 3.76. The van der Waals surface area contributed by atoms with Gasteiger partial charge < -0.3 is 14.6 Å². The van der Waals surface area contributed by atoms with Crippen LogP contribution in [-0.2, 0) is 6.61 Å². The highest BCUT2D eigenvalue weighted by atomic mass is 79.9. The molecule has 0 spiro atoms. The lowest BCUT2D eigenvalue weighted by Gasteiger charge is -2.12. The maximum atomic E-state index is 11.0. The second kappa shape index (κ2) is 6.63. The van der Waals surface area contributed by atoms with Crippen LogP contribution in [0.5, 0.6) is 11.5 Å². The number of methoxy groups -OCH3 is 1. The topological polar surface area (TPSA) is 55.8 Å². The van der Waals surface area contributed by atoms with Gasteiger partial charge in [0.2, 0.25) is 0 Å². The highest BCUT2D eigenvalue weighted by molar-refractivity contribution is 9.10. The van der Waals surface area contributed by atoms with Crippen molar-refractivity contribution in [1.82, 2.24) is 0 Å². The van der Waals surface area contributed by atoms with Crippen molar-refractivity contribution in [3.05, 3.63) is 57.6 Å². The van der Waals surface area contributed by atoms with Gasteiger partial charge in [0, 0.05) is 5.56 Å². The van der Waals surface area contributed by atoms with Crippen LogP contribution in [0.1, 0.15) is 21.5 Å². The highest BCUT2D eigenvalue weighted by Gasteiger charge is 2.10. The molecular formula is C16H15BrO4. The van der Waals surface area contributed by atoms with Gasteiger partial charge in [-0.1, -0.05) is 6.07 Å². The number of hydrogen-bond acceptors (Lipinski definition) is 3. The Bertz CT molecular complexity index is 667. The lowest BCUT2D eigenvalue weighted by Crippen LogP contribution is -2.03. The lowest BCUT2D eigenvalue weighted by molar-refractivity contribution is 0.0696. The van der Waals surface area contributed by atoms with Crippen molar-refractivity contribution >= 4 is 21.9 Å². The van der Waals surface area contributed by atoms with Crippen LogP contribution in [0.3, 0.4) is 0 Å². The van der Waals surface area contributed by atoms with Crippen molar-refractivity contribution in [2.24, 2.45) is 0 Å². The van der Waals surface area contributed by atoms with Gasteiger partial charge in [-0.05, 0) is 58.7 Å². The fraction of sp³-hybridized carbons (Fsp3) is 0.188. The van der Waals surface area contributed by atoms with Gasteiger partial charge in [-0.25, -0.2) is 4.79 Å². The minimum Gasteiger partial charge on any atom is -0.496 e. The van der Waals surface area contributed by atoms with Crippen LogP contribution in [0.25, 0.3) is 0 Å². The predicted molar refractivity (Wildman–Crippen MR) is 83.2 cm³/mol. The number of carboxylic acids is 1. The molecule has 1 N–H and O–H groups in total. The second-order valence-electron chi connectivity index (χ2n) is 4.55. The number of halogens is 1. The summed E-state index contributed by atoms with van der Waals surface area (Å²) in [6.45, 7) is 2.22. The zero-order chi connectivity index (χ0) is 15.4. The minimum atomic E-state index is -0.976. The Hall–Kier alpha value is -2.01. The normalized spacial score (nSPS) is 10.2. The SMILES string of the molecule is COc1ccc(C(=O)O)cc1COc1ccc(C)cc1Br. The molecule has 0 atom stereocenters. The zero-order valence-electron chi connectivity index (χ0n) is 11.7. The van der Waals surface area contributed by atoms with Gasteiger partial charge in [0.15, 0.2) is 0 Å². The van der Waals surface area contributed by atoms with Crippen LogP contribution < -0.4 is 9.47 Å². The molecule has 0 unspecified atom stereocenters. The average molecular weight is 351 g/mol.